The highest BCUT2D eigenvalue weighted by Crippen LogP contribution is 2.49. The molecule has 0 radical (unpaired) electrons. The Balaban J connectivity index is 1.64. The highest BCUT2D eigenvalue weighted by atomic mass is 35.5. The first-order chi connectivity index (χ1) is 11.0. The van der Waals surface area contributed by atoms with Gasteiger partial charge in [-0.05, 0) is 48.6 Å². The molecule has 3 rings (SSSR count). The molecule has 1 N–H and O–H groups in total. The highest BCUT2D eigenvalue weighted by Gasteiger charge is 2.45. The number of carbonyl (C=O) groups is 1. The maximum Gasteiger partial charge on any atom is 0.224 e. The van der Waals surface area contributed by atoms with Crippen molar-refractivity contribution in [3.8, 4) is 0 Å². The zero-order valence-electron chi connectivity index (χ0n) is 12.5. The van der Waals surface area contributed by atoms with Crippen molar-refractivity contribution in [2.45, 2.75) is 25.3 Å². The van der Waals surface area contributed by atoms with Gasteiger partial charge in [0.05, 0.1) is 11.1 Å². The second kappa shape index (κ2) is 6.50. The van der Waals surface area contributed by atoms with E-state index in [1.807, 2.05) is 31.2 Å². The van der Waals surface area contributed by atoms with E-state index >= 15 is 0 Å². The van der Waals surface area contributed by atoms with Crippen molar-refractivity contribution in [1.82, 2.24) is 5.32 Å². The van der Waals surface area contributed by atoms with Crippen LogP contribution >= 0.6 is 23.2 Å². The largest absolute Gasteiger partial charge is 0.349 e. The molecule has 0 saturated heterocycles. The normalized spacial score (nSPS) is 20.9. The van der Waals surface area contributed by atoms with Gasteiger partial charge < -0.3 is 5.32 Å². The van der Waals surface area contributed by atoms with Gasteiger partial charge in [-0.3, -0.25) is 4.79 Å². The van der Waals surface area contributed by atoms with Gasteiger partial charge in [0.15, 0.2) is 0 Å². The van der Waals surface area contributed by atoms with Crippen molar-refractivity contribution in [3.63, 3.8) is 0 Å². The maximum atomic E-state index is 13.2. The Hall–Kier alpha value is -1.58. The summed E-state index contributed by atoms with van der Waals surface area (Å²) in [6, 6.07) is 11.9. The van der Waals surface area contributed by atoms with Crippen LogP contribution in [-0.2, 0) is 4.79 Å². The van der Waals surface area contributed by atoms with Crippen LogP contribution in [0.25, 0.3) is 0 Å². The van der Waals surface area contributed by atoms with E-state index < -0.39 is 5.82 Å². The van der Waals surface area contributed by atoms with Gasteiger partial charge in [0.25, 0.3) is 0 Å². The molecule has 0 aliphatic heterocycles. The van der Waals surface area contributed by atoms with Gasteiger partial charge in [0.1, 0.15) is 5.82 Å². The lowest BCUT2D eigenvalue weighted by Crippen LogP contribution is -2.28. The Morgan fingerprint density at radius 3 is 2.65 bits per heavy atom. The second-order valence-electron chi connectivity index (χ2n) is 5.87. The van der Waals surface area contributed by atoms with Crippen LogP contribution in [0.15, 0.2) is 42.5 Å². The molecule has 23 heavy (non-hydrogen) atoms. The lowest BCUT2D eigenvalue weighted by Gasteiger charge is -2.15. The summed E-state index contributed by atoms with van der Waals surface area (Å²) in [5, 5.41) is 3.72. The SMILES string of the molecule is CC(NC(=O)C1CC1c1ccccc1Cl)c1ccc(F)c(Cl)c1. The van der Waals surface area contributed by atoms with Crippen molar-refractivity contribution in [2.24, 2.45) is 5.92 Å². The third kappa shape index (κ3) is 3.51. The number of hydrogen-bond acceptors (Lipinski definition) is 1. The van der Waals surface area contributed by atoms with Crippen LogP contribution in [0.1, 0.15) is 36.4 Å². The van der Waals surface area contributed by atoms with E-state index in [4.69, 9.17) is 23.2 Å². The third-order valence-corrected chi connectivity index (χ3v) is 4.87. The molecule has 1 saturated carbocycles. The van der Waals surface area contributed by atoms with Gasteiger partial charge in [-0.1, -0.05) is 47.5 Å². The Morgan fingerprint density at radius 2 is 1.96 bits per heavy atom. The molecule has 3 atom stereocenters. The minimum Gasteiger partial charge on any atom is -0.349 e. The molecule has 0 spiro atoms. The first kappa shape index (κ1) is 16.3. The van der Waals surface area contributed by atoms with Crippen LogP contribution in [-0.4, -0.2) is 5.91 Å². The van der Waals surface area contributed by atoms with Crippen LogP contribution in [0.4, 0.5) is 4.39 Å². The molecule has 1 aliphatic rings. The number of halogens is 3. The Bertz CT molecular complexity index is 750. The van der Waals surface area contributed by atoms with Gasteiger partial charge in [-0.2, -0.15) is 0 Å². The van der Waals surface area contributed by atoms with E-state index in [1.54, 1.807) is 12.1 Å². The van der Waals surface area contributed by atoms with Crippen molar-refractivity contribution in [3.05, 3.63) is 69.5 Å². The van der Waals surface area contributed by atoms with E-state index in [0.29, 0.717) is 5.02 Å². The van der Waals surface area contributed by atoms with Crippen molar-refractivity contribution >= 4 is 29.1 Å². The molecule has 0 heterocycles. The molecule has 3 unspecified atom stereocenters. The monoisotopic (exact) mass is 351 g/mol. The number of rotatable bonds is 4. The highest BCUT2D eigenvalue weighted by molar-refractivity contribution is 6.31. The number of nitrogens with one attached hydrogen (secondary N) is 1. The standard InChI is InChI=1S/C18H16Cl2FNO/c1-10(11-6-7-17(21)16(20)8-11)22-18(23)14-9-13(14)12-4-2-3-5-15(12)19/h2-8,10,13-14H,9H2,1H3,(H,22,23). The summed E-state index contributed by atoms with van der Waals surface area (Å²) in [7, 11) is 0. The second-order valence-corrected chi connectivity index (χ2v) is 6.69. The average molecular weight is 352 g/mol. The Morgan fingerprint density at radius 1 is 1.22 bits per heavy atom. The van der Waals surface area contributed by atoms with Crippen molar-refractivity contribution in [1.29, 1.82) is 0 Å². The molecule has 0 bridgehead atoms. The fourth-order valence-electron chi connectivity index (χ4n) is 2.79. The van der Waals surface area contributed by atoms with Crippen molar-refractivity contribution in [2.75, 3.05) is 0 Å². The van der Waals surface area contributed by atoms with E-state index in [-0.39, 0.29) is 28.8 Å². The average Bonchev–Trinajstić information content (AvgIpc) is 3.31. The molecular formula is C18H16Cl2FNO. The summed E-state index contributed by atoms with van der Waals surface area (Å²) in [5.41, 5.74) is 1.80. The van der Waals surface area contributed by atoms with Gasteiger partial charge in [-0.25, -0.2) is 4.39 Å². The summed E-state index contributed by atoms with van der Waals surface area (Å²) in [4.78, 5) is 12.4. The predicted molar refractivity (Wildman–Crippen MR) is 90.3 cm³/mol. The summed E-state index contributed by atoms with van der Waals surface area (Å²) >= 11 is 12.0. The number of benzene rings is 2. The van der Waals surface area contributed by atoms with E-state index in [2.05, 4.69) is 5.32 Å². The first-order valence-corrected chi connectivity index (χ1v) is 8.22. The molecule has 1 fully saturated rings. The van der Waals surface area contributed by atoms with Crippen LogP contribution in [0.5, 0.6) is 0 Å². The topological polar surface area (TPSA) is 29.1 Å². The zero-order chi connectivity index (χ0) is 16.6. The smallest absolute Gasteiger partial charge is 0.224 e. The van der Waals surface area contributed by atoms with E-state index in [0.717, 1.165) is 17.5 Å². The quantitative estimate of drug-likeness (QED) is 0.814. The van der Waals surface area contributed by atoms with Gasteiger partial charge in [0, 0.05) is 10.9 Å². The summed E-state index contributed by atoms with van der Waals surface area (Å²) in [6.45, 7) is 1.86. The van der Waals surface area contributed by atoms with E-state index in [1.165, 1.54) is 6.07 Å². The number of carbonyl (C=O) groups excluding carboxylic acids is 1. The lowest BCUT2D eigenvalue weighted by molar-refractivity contribution is -0.123. The lowest BCUT2D eigenvalue weighted by atomic mass is 10.1. The minimum atomic E-state index is -0.463. The van der Waals surface area contributed by atoms with Crippen molar-refractivity contribution < 1.29 is 9.18 Å². The fourth-order valence-corrected chi connectivity index (χ4v) is 3.25. The van der Waals surface area contributed by atoms with Crippen LogP contribution in [0, 0.1) is 11.7 Å². The number of amides is 1. The van der Waals surface area contributed by atoms with Gasteiger partial charge in [-0.15, -0.1) is 0 Å². The maximum absolute atomic E-state index is 13.2. The molecule has 120 valence electrons. The molecule has 5 heteroatoms. The third-order valence-electron chi connectivity index (χ3n) is 4.23. The predicted octanol–water partition coefficient (Wildman–Crippen LogP) is 5.11. The van der Waals surface area contributed by atoms with Gasteiger partial charge in [0.2, 0.25) is 5.91 Å². The van der Waals surface area contributed by atoms with Crippen LogP contribution < -0.4 is 5.32 Å². The molecule has 2 nitrogen and oxygen atoms in total. The van der Waals surface area contributed by atoms with Crippen LogP contribution in [0.3, 0.4) is 0 Å². The summed E-state index contributed by atoms with van der Waals surface area (Å²) in [5.74, 6) is -0.362. The van der Waals surface area contributed by atoms with Crippen LogP contribution in [0.2, 0.25) is 10.0 Å². The molecule has 2 aromatic rings. The number of hydrogen-bond donors (Lipinski definition) is 1. The minimum absolute atomic E-state index is 0.0112. The molecular weight excluding hydrogens is 336 g/mol. The molecule has 1 aliphatic carbocycles. The zero-order valence-corrected chi connectivity index (χ0v) is 14.0. The Kier molecular flexibility index (Phi) is 4.60. The Labute approximate surface area is 144 Å². The molecule has 0 aromatic heterocycles. The molecule has 1 amide bonds. The summed E-state index contributed by atoms with van der Waals surface area (Å²) < 4.78 is 13.2. The van der Waals surface area contributed by atoms with E-state index in [9.17, 15) is 9.18 Å². The van der Waals surface area contributed by atoms with Gasteiger partial charge >= 0.3 is 0 Å². The first-order valence-electron chi connectivity index (χ1n) is 7.47. The fraction of sp³-hybridized carbons (Fsp3) is 0.278. The molecule has 2 aromatic carbocycles. The summed E-state index contributed by atoms with van der Waals surface area (Å²) in [6.07, 6.45) is 0.798.